The van der Waals surface area contributed by atoms with Gasteiger partial charge in [0.05, 0.1) is 0 Å². The second-order valence-electron chi connectivity index (χ2n) is 2.24. The van der Waals surface area contributed by atoms with Gasteiger partial charge in [-0.25, -0.2) is 0 Å². The zero-order valence-electron chi connectivity index (χ0n) is 6.67. The van der Waals surface area contributed by atoms with E-state index in [0.29, 0.717) is 6.42 Å². The molecule has 3 heteroatoms. The van der Waals surface area contributed by atoms with Gasteiger partial charge in [0.1, 0.15) is 6.61 Å². The second kappa shape index (κ2) is 6.22. The molecule has 0 bridgehead atoms. The Morgan fingerprint density at radius 2 is 2.55 bits per heavy atom. The lowest BCUT2D eigenvalue weighted by Gasteiger charge is -2.06. The fourth-order valence-corrected chi connectivity index (χ4v) is 1.47. The van der Waals surface area contributed by atoms with Gasteiger partial charge in [0.15, 0.2) is 8.03 Å². The predicted octanol–water partition coefficient (Wildman–Crippen LogP) is 2.08. The van der Waals surface area contributed by atoms with E-state index in [1.807, 2.05) is 6.92 Å². The summed E-state index contributed by atoms with van der Waals surface area (Å²) in [6.45, 7) is 5.54. The van der Waals surface area contributed by atoms with Crippen molar-refractivity contribution in [1.82, 2.24) is 0 Å². The first-order chi connectivity index (χ1) is 5.22. The van der Waals surface area contributed by atoms with Gasteiger partial charge in [-0.3, -0.25) is 4.57 Å². The van der Waals surface area contributed by atoms with E-state index >= 15 is 0 Å². The lowest BCUT2D eigenvalue weighted by Crippen LogP contribution is -1.95. The topological polar surface area (TPSA) is 26.3 Å². The Morgan fingerprint density at radius 1 is 1.91 bits per heavy atom. The second-order valence-corrected chi connectivity index (χ2v) is 4.15. The molecule has 0 spiro atoms. The van der Waals surface area contributed by atoms with Crippen LogP contribution in [-0.2, 0) is 9.09 Å². The fourth-order valence-electron chi connectivity index (χ4n) is 0.601. The molecule has 2 nitrogen and oxygen atoms in total. The van der Waals surface area contributed by atoms with E-state index in [9.17, 15) is 4.57 Å². The molecule has 2 atom stereocenters. The van der Waals surface area contributed by atoms with Gasteiger partial charge < -0.3 is 4.52 Å². The molecule has 0 N–H and O–H groups in total. The molecule has 0 aromatic rings. The fraction of sp³-hybridized carbons (Fsp3) is 0.500. The third-order valence-corrected chi connectivity index (χ3v) is 2.69. The summed E-state index contributed by atoms with van der Waals surface area (Å²) >= 11 is 0. The molecule has 0 aliphatic rings. The highest BCUT2D eigenvalue weighted by atomic mass is 31.1. The van der Waals surface area contributed by atoms with Crippen molar-refractivity contribution in [3.8, 4) is 12.3 Å². The molecule has 2 unspecified atom stereocenters. The van der Waals surface area contributed by atoms with Gasteiger partial charge in [-0.1, -0.05) is 18.9 Å². The van der Waals surface area contributed by atoms with E-state index in [0.717, 1.165) is 0 Å². The third kappa shape index (κ3) is 4.84. The Labute approximate surface area is 68.5 Å². The van der Waals surface area contributed by atoms with Crippen molar-refractivity contribution in [3.63, 3.8) is 0 Å². The van der Waals surface area contributed by atoms with Gasteiger partial charge >= 0.3 is 0 Å². The first-order valence-corrected chi connectivity index (χ1v) is 4.82. The van der Waals surface area contributed by atoms with E-state index in [-0.39, 0.29) is 12.3 Å². The van der Waals surface area contributed by atoms with Crippen LogP contribution in [0.3, 0.4) is 0 Å². The van der Waals surface area contributed by atoms with Crippen LogP contribution < -0.4 is 0 Å². The van der Waals surface area contributed by atoms with Crippen LogP contribution in [0.5, 0.6) is 0 Å². The average molecular weight is 172 g/mol. The van der Waals surface area contributed by atoms with Crippen molar-refractivity contribution >= 4 is 8.03 Å². The first kappa shape index (κ1) is 10.5. The van der Waals surface area contributed by atoms with Crippen molar-refractivity contribution in [2.24, 2.45) is 0 Å². The zero-order valence-corrected chi connectivity index (χ0v) is 7.67. The molecule has 0 aliphatic heterocycles. The van der Waals surface area contributed by atoms with E-state index in [1.54, 1.807) is 6.08 Å². The SMILES string of the molecule is C#CCO[PH](=O)C(C)CC=C. The number of rotatable bonds is 5. The summed E-state index contributed by atoms with van der Waals surface area (Å²) in [6.07, 6.45) is 7.37. The predicted molar refractivity (Wildman–Crippen MR) is 48.1 cm³/mol. The summed E-state index contributed by atoms with van der Waals surface area (Å²) in [4.78, 5) is 0. The van der Waals surface area contributed by atoms with Crippen molar-refractivity contribution < 1.29 is 9.09 Å². The molecule has 0 aliphatic carbocycles. The van der Waals surface area contributed by atoms with Crippen molar-refractivity contribution in [2.75, 3.05) is 6.61 Å². The molecule has 0 saturated carbocycles. The Hall–Kier alpha value is -0.510. The summed E-state index contributed by atoms with van der Waals surface area (Å²) < 4.78 is 16.0. The Kier molecular flexibility index (Phi) is 5.93. The van der Waals surface area contributed by atoms with Gasteiger partial charge in [0.25, 0.3) is 0 Å². The molecule has 0 radical (unpaired) electrons. The smallest absolute Gasteiger partial charge is 0.195 e. The van der Waals surface area contributed by atoms with Gasteiger partial charge in [0, 0.05) is 5.66 Å². The maximum absolute atomic E-state index is 11.1. The minimum absolute atomic E-state index is 0.0471. The van der Waals surface area contributed by atoms with E-state index in [2.05, 4.69) is 12.5 Å². The van der Waals surface area contributed by atoms with Crippen molar-refractivity contribution in [2.45, 2.75) is 19.0 Å². The molecule has 11 heavy (non-hydrogen) atoms. The van der Waals surface area contributed by atoms with Gasteiger partial charge in [0.2, 0.25) is 0 Å². The third-order valence-electron chi connectivity index (χ3n) is 1.22. The average Bonchev–Trinajstić information content (AvgIpc) is 2.00. The van der Waals surface area contributed by atoms with Crippen LogP contribution >= 0.6 is 8.03 Å². The molecule has 0 aromatic heterocycles. The van der Waals surface area contributed by atoms with E-state index < -0.39 is 8.03 Å². The molecule has 0 rings (SSSR count). The van der Waals surface area contributed by atoms with Gasteiger partial charge in [-0.15, -0.1) is 13.0 Å². The summed E-state index contributed by atoms with van der Waals surface area (Å²) in [5.41, 5.74) is 0.0471. The van der Waals surface area contributed by atoms with Crippen LogP contribution in [0.2, 0.25) is 0 Å². The van der Waals surface area contributed by atoms with Crippen LogP contribution in [0, 0.1) is 12.3 Å². The molecule has 0 saturated heterocycles. The zero-order chi connectivity index (χ0) is 8.69. The number of allylic oxidation sites excluding steroid dienone is 1. The molecule has 0 fully saturated rings. The Bertz CT molecular complexity index is 181. The summed E-state index contributed by atoms with van der Waals surface area (Å²) in [6, 6.07) is 0. The van der Waals surface area contributed by atoms with Gasteiger partial charge in [-0.2, -0.15) is 0 Å². The Balaban J connectivity index is 3.65. The number of hydrogen-bond donors (Lipinski definition) is 0. The van der Waals surface area contributed by atoms with Crippen LogP contribution in [0.25, 0.3) is 0 Å². The van der Waals surface area contributed by atoms with Crippen LogP contribution in [0.1, 0.15) is 13.3 Å². The van der Waals surface area contributed by atoms with Gasteiger partial charge in [-0.05, 0) is 6.42 Å². The monoisotopic (exact) mass is 172 g/mol. The number of hydrogen-bond acceptors (Lipinski definition) is 2. The minimum atomic E-state index is -1.96. The standard InChI is InChI=1S/C8H13O2P/c1-4-6-8(3)11(9)10-7-5-2/h2,4,8,11H,1,6-7H2,3H3. The molecular weight excluding hydrogens is 159 g/mol. The molecule has 0 heterocycles. The highest BCUT2D eigenvalue weighted by Crippen LogP contribution is 2.30. The lowest BCUT2D eigenvalue weighted by molar-refractivity contribution is 0.371. The lowest BCUT2D eigenvalue weighted by atomic mass is 10.3. The highest BCUT2D eigenvalue weighted by molar-refractivity contribution is 7.40. The van der Waals surface area contributed by atoms with Crippen LogP contribution in [0.15, 0.2) is 12.7 Å². The first-order valence-electron chi connectivity index (χ1n) is 3.43. The molecule has 0 amide bonds. The maximum atomic E-state index is 11.1. The molecule has 62 valence electrons. The van der Waals surface area contributed by atoms with Crippen LogP contribution in [0.4, 0.5) is 0 Å². The Morgan fingerprint density at radius 3 is 3.00 bits per heavy atom. The quantitative estimate of drug-likeness (QED) is 0.360. The highest BCUT2D eigenvalue weighted by Gasteiger charge is 2.07. The van der Waals surface area contributed by atoms with E-state index in [1.165, 1.54) is 0 Å². The summed E-state index contributed by atoms with van der Waals surface area (Å²) in [7, 11) is -1.96. The van der Waals surface area contributed by atoms with Crippen LogP contribution in [-0.4, -0.2) is 12.3 Å². The van der Waals surface area contributed by atoms with Crippen molar-refractivity contribution in [1.29, 1.82) is 0 Å². The van der Waals surface area contributed by atoms with E-state index in [4.69, 9.17) is 10.9 Å². The summed E-state index contributed by atoms with van der Waals surface area (Å²) in [5.74, 6) is 2.27. The number of terminal acetylenes is 1. The maximum Gasteiger partial charge on any atom is 0.195 e. The minimum Gasteiger partial charge on any atom is -0.317 e. The summed E-state index contributed by atoms with van der Waals surface area (Å²) in [5, 5.41) is 0. The largest absolute Gasteiger partial charge is 0.317 e. The normalized spacial score (nSPS) is 14.9. The van der Waals surface area contributed by atoms with Crippen molar-refractivity contribution in [3.05, 3.63) is 12.7 Å². The molecule has 0 aromatic carbocycles. The molecular formula is C8H13O2P.